The van der Waals surface area contributed by atoms with E-state index in [-0.39, 0.29) is 11.8 Å². The predicted molar refractivity (Wildman–Crippen MR) is 172 cm³/mol. The Hall–Kier alpha value is -4.38. The van der Waals surface area contributed by atoms with Gasteiger partial charge in [0.25, 0.3) is 5.91 Å². The summed E-state index contributed by atoms with van der Waals surface area (Å²) in [6.07, 6.45) is 1.28. The monoisotopic (exact) mass is 621 g/mol. The van der Waals surface area contributed by atoms with Gasteiger partial charge >= 0.3 is 0 Å². The first-order valence-corrected chi connectivity index (χ1v) is 15.9. The molecular formula is C36H39N5O5. The van der Waals surface area contributed by atoms with E-state index in [0.29, 0.717) is 38.2 Å². The SMILES string of the molecule is C[C@@H]1[C@@H](C(C)(C)O)[C@H](CCn2cc([C@H](O)c3ccccc3)nn2)O[C@@]12C(=O)N(Cc1ccccc1)c1ccc(N3CCC3=O)cc12. The third-order valence-corrected chi connectivity index (χ3v) is 9.91. The van der Waals surface area contributed by atoms with E-state index < -0.39 is 35.2 Å². The molecule has 10 heteroatoms. The number of rotatable bonds is 9. The van der Waals surface area contributed by atoms with Crippen LogP contribution in [0.1, 0.15) is 62.1 Å². The van der Waals surface area contributed by atoms with Gasteiger partial charge in [0.05, 0.1) is 30.1 Å². The zero-order valence-corrected chi connectivity index (χ0v) is 26.3. The van der Waals surface area contributed by atoms with Crippen LogP contribution in [0, 0.1) is 11.8 Å². The Kier molecular flexibility index (Phi) is 7.54. The molecule has 238 valence electrons. The van der Waals surface area contributed by atoms with Crippen LogP contribution >= 0.6 is 0 Å². The lowest BCUT2D eigenvalue weighted by Crippen LogP contribution is -2.46. The van der Waals surface area contributed by atoms with Crippen molar-refractivity contribution in [1.29, 1.82) is 0 Å². The highest BCUT2D eigenvalue weighted by Gasteiger charge is 2.65. The quantitative estimate of drug-likeness (QED) is 0.267. The number of hydrogen-bond acceptors (Lipinski definition) is 7. The summed E-state index contributed by atoms with van der Waals surface area (Å²) in [5.74, 6) is -0.903. The van der Waals surface area contributed by atoms with Gasteiger partial charge in [-0.2, -0.15) is 0 Å². The number of hydrogen-bond donors (Lipinski definition) is 2. The Morgan fingerprint density at radius 2 is 1.76 bits per heavy atom. The van der Waals surface area contributed by atoms with Crippen molar-refractivity contribution in [3.05, 3.63) is 107 Å². The van der Waals surface area contributed by atoms with E-state index in [9.17, 15) is 19.8 Å². The second-order valence-electron chi connectivity index (χ2n) is 13.2. The van der Waals surface area contributed by atoms with Crippen LogP contribution in [0.25, 0.3) is 0 Å². The molecule has 0 bridgehead atoms. The van der Waals surface area contributed by atoms with Crippen molar-refractivity contribution in [2.45, 2.75) is 70.1 Å². The zero-order valence-electron chi connectivity index (χ0n) is 26.3. The first-order valence-electron chi connectivity index (χ1n) is 15.9. The standard InChI is InChI=1S/C36H39N5O5/c1-23-32(35(2,3)45)30(16-18-39-22-28(37-38-39)33(43)25-12-8-5-9-13-25)46-36(23)27-20-26(40-19-17-31(40)42)14-15-29(27)41(34(36)44)21-24-10-6-4-7-11-24/h4-15,20,22-23,30,32-33,43,45H,16-19,21H2,1-3H3/t23-,30+,32-,33-,36+/m1/s1. The molecule has 5 atom stereocenters. The molecule has 4 aromatic rings. The van der Waals surface area contributed by atoms with E-state index in [2.05, 4.69) is 10.3 Å². The Morgan fingerprint density at radius 3 is 2.41 bits per heavy atom. The van der Waals surface area contributed by atoms with Crippen LogP contribution in [-0.4, -0.2) is 55.3 Å². The van der Waals surface area contributed by atoms with Gasteiger partial charge in [0.1, 0.15) is 11.8 Å². The lowest BCUT2D eigenvalue weighted by Gasteiger charge is -2.34. The number of amides is 2. The van der Waals surface area contributed by atoms with Gasteiger partial charge in [-0.1, -0.05) is 72.8 Å². The number of carbonyl (C=O) groups is 2. The van der Waals surface area contributed by atoms with Crippen LogP contribution < -0.4 is 9.80 Å². The van der Waals surface area contributed by atoms with Crippen LogP contribution in [0.4, 0.5) is 11.4 Å². The Balaban J connectivity index is 1.22. The average Bonchev–Trinajstić information content (AvgIpc) is 3.70. The minimum atomic E-state index is -1.35. The number of aliphatic hydroxyl groups is 2. The molecule has 46 heavy (non-hydrogen) atoms. The Morgan fingerprint density at radius 1 is 1.04 bits per heavy atom. The summed E-state index contributed by atoms with van der Waals surface area (Å²) in [6, 6.07) is 24.9. The number of benzene rings is 3. The van der Waals surface area contributed by atoms with Crippen molar-refractivity contribution < 1.29 is 24.5 Å². The number of ether oxygens (including phenoxy) is 1. The van der Waals surface area contributed by atoms with Crippen molar-refractivity contribution in [3.8, 4) is 0 Å². The highest BCUT2D eigenvalue weighted by Crippen LogP contribution is 2.58. The van der Waals surface area contributed by atoms with Gasteiger partial charge in [0.2, 0.25) is 5.91 Å². The zero-order chi connectivity index (χ0) is 32.2. The normalized spacial score (nSPS) is 24.8. The lowest BCUT2D eigenvalue weighted by atomic mass is 9.70. The number of aromatic nitrogens is 3. The maximum Gasteiger partial charge on any atom is 0.264 e. The molecule has 2 fully saturated rings. The molecular weight excluding hydrogens is 582 g/mol. The van der Waals surface area contributed by atoms with Crippen molar-refractivity contribution in [1.82, 2.24) is 15.0 Å². The van der Waals surface area contributed by atoms with Gasteiger partial charge in [-0.05, 0) is 49.6 Å². The van der Waals surface area contributed by atoms with Gasteiger partial charge in [0.15, 0.2) is 5.60 Å². The molecule has 0 radical (unpaired) electrons. The van der Waals surface area contributed by atoms with Crippen molar-refractivity contribution in [2.24, 2.45) is 11.8 Å². The fourth-order valence-electron chi connectivity index (χ4n) is 7.63. The maximum absolute atomic E-state index is 14.7. The number of β-lactam (4-membered cyclic amide) rings is 1. The van der Waals surface area contributed by atoms with Crippen molar-refractivity contribution in [2.75, 3.05) is 16.3 Å². The molecule has 2 N–H and O–H groups in total. The molecule has 10 nitrogen and oxygen atoms in total. The molecule has 1 aromatic heterocycles. The first kappa shape index (κ1) is 30.3. The molecule has 3 aliphatic heterocycles. The number of aliphatic hydroxyl groups excluding tert-OH is 1. The van der Waals surface area contributed by atoms with Crippen LogP contribution in [0.2, 0.25) is 0 Å². The van der Waals surface area contributed by atoms with E-state index in [1.807, 2.05) is 85.8 Å². The fraction of sp³-hybridized carbons (Fsp3) is 0.389. The van der Waals surface area contributed by atoms with Crippen LogP contribution in [-0.2, 0) is 33.0 Å². The largest absolute Gasteiger partial charge is 0.390 e. The predicted octanol–water partition coefficient (Wildman–Crippen LogP) is 4.35. The summed E-state index contributed by atoms with van der Waals surface area (Å²) in [4.78, 5) is 30.6. The molecule has 2 saturated heterocycles. The summed E-state index contributed by atoms with van der Waals surface area (Å²) in [6.45, 7) is 6.94. The van der Waals surface area contributed by atoms with E-state index in [1.54, 1.807) is 34.5 Å². The summed E-state index contributed by atoms with van der Waals surface area (Å²) >= 11 is 0. The molecule has 3 aliphatic rings. The highest BCUT2D eigenvalue weighted by atomic mass is 16.5. The second kappa shape index (κ2) is 11.5. The fourth-order valence-corrected chi connectivity index (χ4v) is 7.63. The third kappa shape index (κ3) is 5.01. The first-order chi connectivity index (χ1) is 22.1. The van der Waals surface area contributed by atoms with E-state index >= 15 is 0 Å². The molecule has 0 unspecified atom stereocenters. The summed E-state index contributed by atoms with van der Waals surface area (Å²) < 4.78 is 8.63. The minimum Gasteiger partial charge on any atom is -0.390 e. The smallest absolute Gasteiger partial charge is 0.264 e. The van der Waals surface area contributed by atoms with Gasteiger partial charge in [-0.3, -0.25) is 14.3 Å². The van der Waals surface area contributed by atoms with Crippen LogP contribution in [0.15, 0.2) is 85.1 Å². The lowest BCUT2D eigenvalue weighted by molar-refractivity contribution is -0.146. The molecule has 3 aromatic carbocycles. The molecule has 0 saturated carbocycles. The molecule has 1 spiro atoms. The topological polar surface area (TPSA) is 121 Å². The van der Waals surface area contributed by atoms with Gasteiger partial charge in [0, 0.05) is 42.6 Å². The summed E-state index contributed by atoms with van der Waals surface area (Å²) in [5.41, 5.74) is 1.86. The molecule has 2 amide bonds. The van der Waals surface area contributed by atoms with Gasteiger partial charge < -0.3 is 24.7 Å². The van der Waals surface area contributed by atoms with E-state index in [0.717, 1.165) is 28.1 Å². The molecule has 4 heterocycles. The second-order valence-corrected chi connectivity index (χ2v) is 13.2. The number of fused-ring (bicyclic) bond motifs is 2. The molecule has 0 aliphatic carbocycles. The maximum atomic E-state index is 14.7. The van der Waals surface area contributed by atoms with Crippen molar-refractivity contribution >= 4 is 23.2 Å². The van der Waals surface area contributed by atoms with Crippen LogP contribution in [0.5, 0.6) is 0 Å². The highest BCUT2D eigenvalue weighted by molar-refractivity contribution is 6.08. The van der Waals surface area contributed by atoms with E-state index in [4.69, 9.17) is 4.74 Å². The minimum absolute atomic E-state index is 0.0525. The van der Waals surface area contributed by atoms with Gasteiger partial charge in [-0.25, -0.2) is 0 Å². The Bertz CT molecular complexity index is 1750. The van der Waals surface area contributed by atoms with Crippen LogP contribution in [0.3, 0.4) is 0 Å². The summed E-state index contributed by atoms with van der Waals surface area (Å²) in [7, 11) is 0. The van der Waals surface area contributed by atoms with Gasteiger partial charge in [-0.15, -0.1) is 5.10 Å². The summed E-state index contributed by atoms with van der Waals surface area (Å²) in [5, 5.41) is 30.8. The number of nitrogens with zero attached hydrogens (tertiary/aromatic N) is 5. The Labute approximate surface area is 268 Å². The average molecular weight is 622 g/mol. The number of anilines is 2. The van der Waals surface area contributed by atoms with E-state index in [1.165, 1.54) is 0 Å². The third-order valence-electron chi connectivity index (χ3n) is 9.91. The van der Waals surface area contributed by atoms with Crippen molar-refractivity contribution in [3.63, 3.8) is 0 Å². The molecule has 7 rings (SSSR count). The number of aryl methyl sites for hydroxylation is 1. The number of carbonyl (C=O) groups excluding carboxylic acids is 2.